The highest BCUT2D eigenvalue weighted by Gasteiger charge is 2.20. The number of halogens is 2. The molecular formula is C17H11Cl2NO3S. The monoisotopic (exact) mass is 379 g/mol. The number of carbonyl (C=O) groups excluding carboxylic acids is 1. The molecule has 7 heteroatoms. The molecule has 0 saturated carbocycles. The first-order valence-electron chi connectivity index (χ1n) is 7.21. The van der Waals surface area contributed by atoms with Crippen LogP contribution in [0.15, 0.2) is 36.4 Å². The summed E-state index contributed by atoms with van der Waals surface area (Å²) < 4.78 is 11.9. The van der Waals surface area contributed by atoms with Crippen molar-refractivity contribution in [1.82, 2.24) is 0 Å². The highest BCUT2D eigenvalue weighted by molar-refractivity contribution is 7.21. The van der Waals surface area contributed by atoms with E-state index in [0.717, 1.165) is 10.1 Å². The molecule has 0 fully saturated rings. The maximum absolute atomic E-state index is 12.6. The van der Waals surface area contributed by atoms with Gasteiger partial charge in [-0.1, -0.05) is 41.4 Å². The third kappa shape index (κ3) is 2.69. The second-order valence-corrected chi connectivity index (χ2v) is 7.01. The lowest BCUT2D eigenvalue weighted by molar-refractivity contribution is 0.103. The van der Waals surface area contributed by atoms with Gasteiger partial charge in [-0.3, -0.25) is 4.79 Å². The summed E-state index contributed by atoms with van der Waals surface area (Å²) >= 11 is 13.9. The predicted octanol–water partition coefficient (Wildman–Crippen LogP) is 5.23. The fourth-order valence-electron chi connectivity index (χ4n) is 2.50. The van der Waals surface area contributed by atoms with Crippen LogP contribution in [0.2, 0.25) is 10.0 Å². The van der Waals surface area contributed by atoms with Gasteiger partial charge >= 0.3 is 0 Å². The summed E-state index contributed by atoms with van der Waals surface area (Å²) in [6.07, 6.45) is 0. The van der Waals surface area contributed by atoms with E-state index in [1.807, 2.05) is 24.3 Å². The van der Waals surface area contributed by atoms with Gasteiger partial charge in [0.15, 0.2) is 11.5 Å². The fraction of sp³-hybridized carbons (Fsp3) is 0.118. The topological polar surface area (TPSA) is 47.6 Å². The Morgan fingerprint density at radius 3 is 2.54 bits per heavy atom. The van der Waals surface area contributed by atoms with Crippen LogP contribution in [0.25, 0.3) is 10.1 Å². The zero-order chi connectivity index (χ0) is 16.7. The summed E-state index contributed by atoms with van der Waals surface area (Å²) in [5.74, 6) is 0.826. The van der Waals surface area contributed by atoms with E-state index >= 15 is 0 Å². The van der Waals surface area contributed by atoms with E-state index in [1.54, 1.807) is 12.1 Å². The molecule has 0 unspecified atom stereocenters. The van der Waals surface area contributed by atoms with Gasteiger partial charge < -0.3 is 14.8 Å². The molecule has 0 atom stereocenters. The lowest BCUT2D eigenvalue weighted by Gasteiger charge is -2.19. The van der Waals surface area contributed by atoms with E-state index in [0.29, 0.717) is 45.3 Å². The zero-order valence-corrected chi connectivity index (χ0v) is 14.6. The molecule has 3 aromatic rings. The third-order valence-corrected chi connectivity index (χ3v) is 5.61. The molecule has 0 aliphatic carbocycles. The van der Waals surface area contributed by atoms with Crippen LogP contribution in [-0.2, 0) is 0 Å². The van der Waals surface area contributed by atoms with Crippen LogP contribution in [0.1, 0.15) is 9.67 Å². The van der Waals surface area contributed by atoms with E-state index < -0.39 is 0 Å². The molecule has 2 heterocycles. The number of anilines is 1. The summed E-state index contributed by atoms with van der Waals surface area (Å²) in [7, 11) is 0. The van der Waals surface area contributed by atoms with Crippen LogP contribution >= 0.6 is 34.5 Å². The minimum atomic E-state index is -0.306. The molecule has 0 spiro atoms. The van der Waals surface area contributed by atoms with Crippen molar-refractivity contribution in [2.45, 2.75) is 0 Å². The van der Waals surface area contributed by atoms with Crippen molar-refractivity contribution < 1.29 is 14.3 Å². The molecule has 1 aliphatic rings. The Hall–Kier alpha value is -1.95. The number of nitrogens with one attached hydrogen (secondary N) is 1. The Bertz CT molecular complexity index is 954. The van der Waals surface area contributed by atoms with E-state index in [2.05, 4.69) is 5.32 Å². The van der Waals surface area contributed by atoms with Crippen molar-refractivity contribution in [3.8, 4) is 11.5 Å². The van der Waals surface area contributed by atoms with Crippen molar-refractivity contribution in [2.75, 3.05) is 18.5 Å². The summed E-state index contributed by atoms with van der Waals surface area (Å²) in [5, 5.41) is 4.49. The minimum Gasteiger partial charge on any atom is -0.486 e. The molecule has 0 radical (unpaired) electrons. The summed E-state index contributed by atoms with van der Waals surface area (Å²) in [6, 6.07) is 10.9. The van der Waals surface area contributed by atoms with Gasteiger partial charge in [-0.15, -0.1) is 11.3 Å². The van der Waals surface area contributed by atoms with Crippen LogP contribution in [0, 0.1) is 0 Å². The maximum Gasteiger partial charge on any atom is 0.267 e. The number of benzene rings is 2. The number of thiophene rings is 1. The van der Waals surface area contributed by atoms with Gasteiger partial charge in [-0.25, -0.2) is 0 Å². The largest absolute Gasteiger partial charge is 0.486 e. The van der Waals surface area contributed by atoms with Gasteiger partial charge in [0.1, 0.15) is 18.1 Å². The zero-order valence-electron chi connectivity index (χ0n) is 12.3. The van der Waals surface area contributed by atoms with E-state index in [4.69, 9.17) is 32.7 Å². The Labute approximate surface area is 151 Å². The first kappa shape index (κ1) is 15.6. The van der Waals surface area contributed by atoms with Gasteiger partial charge in [0.2, 0.25) is 0 Å². The van der Waals surface area contributed by atoms with E-state index in [9.17, 15) is 4.79 Å². The molecule has 1 aliphatic heterocycles. The number of rotatable bonds is 2. The SMILES string of the molecule is O=C(Nc1cc2c(cc1Cl)OCCO2)c1sc2ccccc2c1Cl. The van der Waals surface area contributed by atoms with Gasteiger partial charge in [0, 0.05) is 22.2 Å². The highest BCUT2D eigenvalue weighted by atomic mass is 35.5. The van der Waals surface area contributed by atoms with Crippen LogP contribution in [0.4, 0.5) is 5.69 Å². The Morgan fingerprint density at radius 2 is 1.79 bits per heavy atom. The van der Waals surface area contributed by atoms with Gasteiger partial charge in [-0.05, 0) is 6.07 Å². The van der Waals surface area contributed by atoms with Crippen LogP contribution < -0.4 is 14.8 Å². The first-order chi connectivity index (χ1) is 11.6. The molecule has 0 saturated heterocycles. The number of ether oxygens (including phenoxy) is 2. The number of carbonyl (C=O) groups is 1. The molecule has 1 amide bonds. The van der Waals surface area contributed by atoms with Crippen molar-refractivity contribution in [2.24, 2.45) is 0 Å². The van der Waals surface area contributed by atoms with Gasteiger partial charge in [0.25, 0.3) is 5.91 Å². The Balaban J connectivity index is 1.67. The number of fused-ring (bicyclic) bond motifs is 2. The third-order valence-electron chi connectivity index (χ3n) is 3.62. The predicted molar refractivity (Wildman–Crippen MR) is 97.2 cm³/mol. The lowest BCUT2D eigenvalue weighted by atomic mass is 10.2. The molecule has 2 aromatic carbocycles. The minimum absolute atomic E-state index is 0.306. The standard InChI is InChI=1S/C17H11Cl2NO3S/c18-10-7-12-13(23-6-5-22-12)8-11(10)20-17(21)16-15(19)9-3-1-2-4-14(9)24-16/h1-4,7-8H,5-6H2,(H,20,21). The van der Waals surface area contributed by atoms with Crippen molar-refractivity contribution in [3.63, 3.8) is 0 Å². The van der Waals surface area contributed by atoms with Crippen molar-refractivity contribution in [3.05, 3.63) is 51.3 Å². The second-order valence-electron chi connectivity index (χ2n) is 5.17. The van der Waals surface area contributed by atoms with Gasteiger partial charge in [-0.2, -0.15) is 0 Å². The Kier molecular flexibility index (Phi) is 4.00. The van der Waals surface area contributed by atoms with E-state index in [1.165, 1.54) is 11.3 Å². The highest BCUT2D eigenvalue weighted by Crippen LogP contribution is 2.39. The lowest BCUT2D eigenvalue weighted by Crippen LogP contribution is -2.16. The van der Waals surface area contributed by atoms with Crippen LogP contribution in [-0.4, -0.2) is 19.1 Å². The summed E-state index contributed by atoms with van der Waals surface area (Å²) in [5.41, 5.74) is 0.458. The van der Waals surface area contributed by atoms with Crippen molar-refractivity contribution >= 4 is 56.2 Å². The smallest absolute Gasteiger partial charge is 0.267 e. The van der Waals surface area contributed by atoms with Crippen LogP contribution in [0.5, 0.6) is 11.5 Å². The molecule has 4 nitrogen and oxygen atoms in total. The molecule has 0 bridgehead atoms. The average molecular weight is 380 g/mol. The second kappa shape index (κ2) is 6.16. The fourth-order valence-corrected chi connectivity index (χ4v) is 4.11. The van der Waals surface area contributed by atoms with Crippen LogP contribution in [0.3, 0.4) is 0 Å². The maximum atomic E-state index is 12.6. The molecular weight excluding hydrogens is 369 g/mol. The molecule has 1 aromatic heterocycles. The molecule has 24 heavy (non-hydrogen) atoms. The van der Waals surface area contributed by atoms with Crippen molar-refractivity contribution in [1.29, 1.82) is 0 Å². The molecule has 122 valence electrons. The van der Waals surface area contributed by atoms with E-state index in [-0.39, 0.29) is 5.91 Å². The number of hydrogen-bond acceptors (Lipinski definition) is 4. The normalized spacial score (nSPS) is 13.1. The number of hydrogen-bond donors (Lipinski definition) is 1. The van der Waals surface area contributed by atoms with Gasteiger partial charge in [0.05, 0.1) is 15.7 Å². The molecule has 1 N–H and O–H groups in total. The average Bonchev–Trinajstić information content (AvgIpc) is 2.93. The molecule has 4 rings (SSSR count). The summed E-state index contributed by atoms with van der Waals surface area (Å²) in [6.45, 7) is 0.941. The number of amides is 1. The first-order valence-corrected chi connectivity index (χ1v) is 8.78. The summed E-state index contributed by atoms with van der Waals surface area (Å²) in [4.78, 5) is 13.1. The quantitative estimate of drug-likeness (QED) is 0.662. The Morgan fingerprint density at radius 1 is 1.08 bits per heavy atom.